The molecule has 0 aliphatic carbocycles. The Morgan fingerprint density at radius 2 is 2.15 bits per heavy atom. The van der Waals surface area contributed by atoms with Gasteiger partial charge < -0.3 is 14.1 Å². The lowest BCUT2D eigenvalue weighted by Crippen LogP contribution is -2.27. The molecule has 134 valence electrons. The van der Waals surface area contributed by atoms with E-state index < -0.39 is 0 Å². The smallest absolute Gasteiger partial charge is 0.174 e. The molecule has 26 heavy (non-hydrogen) atoms. The number of rotatable bonds is 6. The molecule has 4 rings (SSSR count). The summed E-state index contributed by atoms with van der Waals surface area (Å²) in [6, 6.07) is 12.7. The van der Waals surface area contributed by atoms with Crippen LogP contribution in [-0.2, 0) is 0 Å². The number of benzene rings is 1. The Labute approximate surface area is 162 Å². The van der Waals surface area contributed by atoms with Gasteiger partial charge in [-0.05, 0) is 43.7 Å². The van der Waals surface area contributed by atoms with Crippen LogP contribution in [0.3, 0.4) is 0 Å². The maximum absolute atomic E-state index is 5.72. The lowest BCUT2D eigenvalue weighted by atomic mass is 10.1. The average Bonchev–Trinajstić information content (AvgIpc) is 3.35. The normalized spacial score (nSPS) is 14.0. The molecule has 0 saturated carbocycles. The lowest BCUT2D eigenvalue weighted by molar-refractivity contribution is 0.350. The highest BCUT2D eigenvalue weighted by Crippen LogP contribution is 2.39. The number of furan rings is 1. The van der Waals surface area contributed by atoms with E-state index in [-0.39, 0.29) is 0 Å². The first kappa shape index (κ1) is 17.3. The van der Waals surface area contributed by atoms with Crippen LogP contribution in [0.15, 0.2) is 74.4 Å². The van der Waals surface area contributed by atoms with Crippen molar-refractivity contribution >= 4 is 28.8 Å². The third-order valence-corrected chi connectivity index (χ3v) is 6.18. The molecule has 0 atom stereocenters. The number of ether oxygens (including phenoxy) is 1. The van der Waals surface area contributed by atoms with Crippen molar-refractivity contribution in [3.05, 3.63) is 60.2 Å². The van der Waals surface area contributed by atoms with Crippen molar-refractivity contribution < 1.29 is 9.15 Å². The fraction of sp³-hybridized carbons (Fsp3) is 0.238. The second kappa shape index (κ2) is 8.06. The number of anilines is 1. The lowest BCUT2D eigenvalue weighted by Gasteiger charge is -2.27. The molecule has 0 N–H and O–H groups in total. The first-order chi connectivity index (χ1) is 12.8. The highest BCUT2D eigenvalue weighted by molar-refractivity contribution is 7.99. The molecule has 3 heterocycles. The molecule has 3 nitrogen and oxygen atoms in total. The maximum Gasteiger partial charge on any atom is 0.174 e. The third kappa shape index (κ3) is 3.84. The molecule has 1 aliphatic heterocycles. The molecule has 1 aromatic carbocycles. The van der Waals surface area contributed by atoms with Gasteiger partial charge in [-0.2, -0.15) is 0 Å². The molecule has 0 spiro atoms. The van der Waals surface area contributed by atoms with E-state index in [0.29, 0.717) is 6.61 Å². The molecule has 0 unspecified atom stereocenters. The molecular formula is C21H21NO2S2. The molecule has 0 fully saturated rings. The van der Waals surface area contributed by atoms with Crippen molar-refractivity contribution in [2.45, 2.75) is 23.1 Å². The summed E-state index contributed by atoms with van der Waals surface area (Å²) >= 11 is 3.40. The number of hydrogen-bond donors (Lipinski definition) is 0. The van der Waals surface area contributed by atoms with Crippen molar-refractivity contribution in [3.8, 4) is 16.4 Å². The van der Waals surface area contributed by atoms with Crippen molar-refractivity contribution in [3.63, 3.8) is 0 Å². The first-order valence-electron chi connectivity index (χ1n) is 8.80. The highest BCUT2D eigenvalue weighted by Gasteiger charge is 2.16. The summed E-state index contributed by atoms with van der Waals surface area (Å²) in [5.74, 6) is 0.914. The van der Waals surface area contributed by atoms with Crippen LogP contribution in [0.4, 0.5) is 5.69 Å². The fourth-order valence-corrected chi connectivity index (χ4v) is 4.90. The van der Waals surface area contributed by atoms with Gasteiger partial charge in [0.25, 0.3) is 0 Å². The molecule has 5 heteroatoms. The van der Waals surface area contributed by atoms with Crippen molar-refractivity contribution in [1.82, 2.24) is 0 Å². The summed E-state index contributed by atoms with van der Waals surface area (Å²) in [6.45, 7) is 4.70. The van der Waals surface area contributed by atoms with Crippen molar-refractivity contribution in [1.29, 1.82) is 0 Å². The summed E-state index contributed by atoms with van der Waals surface area (Å²) in [5.41, 5.74) is 2.38. The van der Waals surface area contributed by atoms with E-state index in [2.05, 4.69) is 46.7 Å². The quantitative estimate of drug-likeness (QED) is 0.465. The van der Waals surface area contributed by atoms with Crippen LogP contribution in [0, 0.1) is 0 Å². The predicted octanol–water partition coefficient (Wildman–Crippen LogP) is 6.32. The number of hydrogen-bond acceptors (Lipinski definition) is 5. The van der Waals surface area contributed by atoms with Gasteiger partial charge in [-0.1, -0.05) is 23.9 Å². The van der Waals surface area contributed by atoms with E-state index >= 15 is 0 Å². The Kier molecular flexibility index (Phi) is 5.37. The summed E-state index contributed by atoms with van der Waals surface area (Å²) < 4.78 is 11.3. The van der Waals surface area contributed by atoms with E-state index in [0.717, 1.165) is 35.9 Å². The van der Waals surface area contributed by atoms with Crippen LogP contribution < -0.4 is 9.64 Å². The Morgan fingerprint density at radius 3 is 2.92 bits per heavy atom. The fourth-order valence-electron chi connectivity index (χ4n) is 3.05. The van der Waals surface area contributed by atoms with Crippen LogP contribution in [0.5, 0.6) is 5.06 Å². The maximum atomic E-state index is 5.72. The predicted molar refractivity (Wildman–Crippen MR) is 110 cm³/mol. The van der Waals surface area contributed by atoms with Gasteiger partial charge in [0.15, 0.2) is 5.06 Å². The standard InChI is InChI=1S/C21H21NO2S2/c1-2-23-21-14-17(15-25-21)26-16-8-9-19(22-10-4-3-5-11-22)18(13-16)20-7-6-12-24-20/h3-4,6-9,12-15H,2,5,10-11H2,1H3. The summed E-state index contributed by atoms with van der Waals surface area (Å²) in [5, 5.41) is 3.11. The molecule has 1 aliphatic rings. The minimum Gasteiger partial charge on any atom is -0.484 e. The molecular weight excluding hydrogens is 362 g/mol. The minimum absolute atomic E-state index is 0.701. The van der Waals surface area contributed by atoms with Gasteiger partial charge in [0.05, 0.1) is 12.9 Å². The van der Waals surface area contributed by atoms with Crippen LogP contribution in [0.2, 0.25) is 0 Å². The highest BCUT2D eigenvalue weighted by atomic mass is 32.2. The van der Waals surface area contributed by atoms with Crippen LogP contribution in [-0.4, -0.2) is 19.7 Å². The van der Waals surface area contributed by atoms with Crippen LogP contribution in [0.1, 0.15) is 13.3 Å². The van der Waals surface area contributed by atoms with Gasteiger partial charge in [-0.3, -0.25) is 0 Å². The van der Waals surface area contributed by atoms with E-state index in [4.69, 9.17) is 9.15 Å². The minimum atomic E-state index is 0.701. The zero-order valence-corrected chi connectivity index (χ0v) is 16.3. The van der Waals surface area contributed by atoms with Gasteiger partial charge in [-0.15, -0.1) is 11.3 Å². The van der Waals surface area contributed by atoms with E-state index in [9.17, 15) is 0 Å². The average molecular weight is 384 g/mol. The first-order valence-corrected chi connectivity index (χ1v) is 10.5. The Hall–Kier alpha value is -2.11. The topological polar surface area (TPSA) is 25.6 Å². The Morgan fingerprint density at radius 1 is 1.19 bits per heavy atom. The number of thiophene rings is 1. The van der Waals surface area contributed by atoms with E-state index in [1.54, 1.807) is 29.4 Å². The van der Waals surface area contributed by atoms with Gasteiger partial charge >= 0.3 is 0 Å². The summed E-state index contributed by atoms with van der Waals surface area (Å²) in [4.78, 5) is 4.82. The summed E-state index contributed by atoms with van der Waals surface area (Å²) in [7, 11) is 0. The van der Waals surface area contributed by atoms with Gasteiger partial charge in [0, 0.05) is 45.6 Å². The second-order valence-electron chi connectivity index (χ2n) is 6.00. The SMILES string of the molecule is CCOc1cc(Sc2ccc(N3CC=CCC3)c(-c3ccco3)c2)cs1. The van der Waals surface area contributed by atoms with Crippen LogP contribution in [0.25, 0.3) is 11.3 Å². The zero-order valence-electron chi connectivity index (χ0n) is 14.7. The van der Waals surface area contributed by atoms with Crippen molar-refractivity contribution in [2.75, 3.05) is 24.6 Å². The van der Waals surface area contributed by atoms with Gasteiger partial charge in [-0.25, -0.2) is 0 Å². The zero-order chi connectivity index (χ0) is 17.8. The monoisotopic (exact) mass is 383 g/mol. The molecule has 2 aromatic heterocycles. The largest absolute Gasteiger partial charge is 0.484 e. The molecule has 3 aromatic rings. The Bertz CT molecular complexity index is 883. The number of nitrogens with zero attached hydrogens (tertiary/aromatic N) is 1. The molecule has 0 radical (unpaired) electrons. The third-order valence-electron chi connectivity index (χ3n) is 4.23. The Balaban J connectivity index is 1.64. The van der Waals surface area contributed by atoms with Crippen molar-refractivity contribution in [2.24, 2.45) is 0 Å². The van der Waals surface area contributed by atoms with Crippen LogP contribution >= 0.6 is 23.1 Å². The van der Waals surface area contributed by atoms with Gasteiger partial charge in [0.1, 0.15) is 5.76 Å². The van der Waals surface area contributed by atoms with Gasteiger partial charge in [0.2, 0.25) is 0 Å². The molecule has 0 saturated heterocycles. The molecule has 0 bridgehead atoms. The molecule has 0 amide bonds. The second-order valence-corrected chi connectivity index (χ2v) is 8.02. The summed E-state index contributed by atoms with van der Waals surface area (Å²) in [6.07, 6.45) is 7.31. The van der Waals surface area contributed by atoms with E-state index in [1.807, 2.05) is 19.1 Å². The van der Waals surface area contributed by atoms with E-state index in [1.165, 1.54) is 15.5 Å².